The van der Waals surface area contributed by atoms with E-state index >= 15 is 0 Å². The van der Waals surface area contributed by atoms with E-state index in [1.807, 2.05) is 24.3 Å². The van der Waals surface area contributed by atoms with Gasteiger partial charge in [0.05, 0.1) is 10.6 Å². The van der Waals surface area contributed by atoms with E-state index in [1.54, 1.807) is 17.9 Å². The van der Waals surface area contributed by atoms with Crippen LogP contribution in [0.25, 0.3) is 0 Å². The van der Waals surface area contributed by atoms with Crippen molar-refractivity contribution < 1.29 is 22.7 Å². The zero-order chi connectivity index (χ0) is 24.0. The maximum Gasteiger partial charge on any atom is 0.265 e. The second kappa shape index (κ2) is 8.46. The maximum atomic E-state index is 13.2. The molecule has 1 atom stereocenters. The Morgan fingerprint density at radius 1 is 1.03 bits per heavy atom. The van der Waals surface area contributed by atoms with Crippen LogP contribution in [0.1, 0.15) is 43.6 Å². The Morgan fingerprint density at radius 3 is 2.27 bits per heavy atom. The molecule has 9 heteroatoms. The van der Waals surface area contributed by atoms with Crippen LogP contribution >= 0.6 is 0 Å². The molecule has 176 valence electrons. The van der Waals surface area contributed by atoms with E-state index in [1.165, 1.54) is 16.4 Å². The van der Waals surface area contributed by atoms with Gasteiger partial charge in [-0.3, -0.25) is 9.59 Å². The van der Waals surface area contributed by atoms with Crippen LogP contribution in [0.4, 0.5) is 5.69 Å². The first kappa shape index (κ1) is 23.3. The quantitative estimate of drug-likeness (QED) is 0.743. The summed E-state index contributed by atoms with van der Waals surface area (Å²) in [5, 5.41) is 2.68. The van der Waals surface area contributed by atoms with Gasteiger partial charge in [0, 0.05) is 31.7 Å². The number of nitrogens with one attached hydrogen (secondary N) is 1. The Labute approximate surface area is 194 Å². The molecule has 0 unspecified atom stereocenters. The molecule has 2 heterocycles. The number of hydrogen-bond donors (Lipinski definition) is 1. The van der Waals surface area contributed by atoms with Crippen molar-refractivity contribution in [2.45, 2.75) is 44.1 Å². The normalized spacial score (nSPS) is 19.5. The number of fused-ring (bicyclic) bond motifs is 1. The zero-order valence-electron chi connectivity index (χ0n) is 19.3. The second-order valence-electron chi connectivity index (χ2n) is 9.43. The first-order valence-corrected chi connectivity index (χ1v) is 12.4. The summed E-state index contributed by atoms with van der Waals surface area (Å²) < 4.78 is 33.2. The average molecular weight is 472 g/mol. The standard InChI is InChI=1S/C24H29N3O5S/c1-16-22(28)25-20-15-19(9-10-21(20)32-16)33(30,31)27-13-11-26(12-14-27)23(29)17-5-7-18(8-6-17)24(2,3)4/h5-10,15-16H,11-14H2,1-4H3,(H,25,28)/t16-/m0/s1. The lowest BCUT2D eigenvalue weighted by molar-refractivity contribution is -0.122. The predicted octanol–water partition coefficient (Wildman–Crippen LogP) is 2.85. The highest BCUT2D eigenvalue weighted by atomic mass is 32.2. The fourth-order valence-corrected chi connectivity index (χ4v) is 5.37. The summed E-state index contributed by atoms with van der Waals surface area (Å²) in [6, 6.07) is 12.0. The number of anilines is 1. The van der Waals surface area contributed by atoms with Gasteiger partial charge >= 0.3 is 0 Å². The summed E-state index contributed by atoms with van der Waals surface area (Å²) in [6.07, 6.45) is -0.629. The van der Waals surface area contributed by atoms with Crippen LogP contribution in [0.3, 0.4) is 0 Å². The predicted molar refractivity (Wildman–Crippen MR) is 125 cm³/mol. The first-order chi connectivity index (χ1) is 15.5. The Kier molecular flexibility index (Phi) is 5.96. The molecular formula is C24H29N3O5S. The molecule has 2 aromatic rings. The van der Waals surface area contributed by atoms with Crippen LogP contribution in [0.5, 0.6) is 5.75 Å². The highest BCUT2D eigenvalue weighted by molar-refractivity contribution is 7.89. The Morgan fingerprint density at radius 2 is 1.67 bits per heavy atom. The monoisotopic (exact) mass is 471 g/mol. The minimum absolute atomic E-state index is 0.00539. The van der Waals surface area contributed by atoms with E-state index in [2.05, 4.69) is 26.1 Å². The summed E-state index contributed by atoms with van der Waals surface area (Å²) in [7, 11) is -3.77. The Bertz CT molecular complexity index is 1180. The minimum Gasteiger partial charge on any atom is -0.479 e. The molecule has 2 aromatic carbocycles. The number of hydrogen-bond acceptors (Lipinski definition) is 5. The average Bonchev–Trinajstić information content (AvgIpc) is 2.78. The Balaban J connectivity index is 1.43. The van der Waals surface area contributed by atoms with Crippen molar-refractivity contribution in [2.24, 2.45) is 0 Å². The molecule has 0 aliphatic carbocycles. The molecule has 8 nitrogen and oxygen atoms in total. The fraction of sp³-hybridized carbons (Fsp3) is 0.417. The molecule has 1 N–H and O–H groups in total. The summed E-state index contributed by atoms with van der Waals surface area (Å²) in [6.45, 7) is 9.00. The van der Waals surface area contributed by atoms with Crippen molar-refractivity contribution in [3.8, 4) is 5.75 Å². The summed E-state index contributed by atoms with van der Waals surface area (Å²) in [5.41, 5.74) is 2.09. The van der Waals surface area contributed by atoms with Crippen molar-refractivity contribution >= 4 is 27.5 Å². The third kappa shape index (κ3) is 4.60. The third-order valence-electron chi connectivity index (χ3n) is 6.04. The largest absolute Gasteiger partial charge is 0.479 e. The third-order valence-corrected chi connectivity index (χ3v) is 7.94. The van der Waals surface area contributed by atoms with Crippen molar-refractivity contribution in [2.75, 3.05) is 31.5 Å². The molecule has 0 saturated carbocycles. The molecule has 2 aliphatic rings. The van der Waals surface area contributed by atoms with E-state index in [0.717, 1.165) is 5.56 Å². The summed E-state index contributed by atoms with van der Waals surface area (Å²) in [5.74, 6) is 0.0175. The van der Waals surface area contributed by atoms with Gasteiger partial charge < -0.3 is 15.0 Å². The number of carbonyl (C=O) groups is 2. The van der Waals surface area contributed by atoms with Gasteiger partial charge in [-0.1, -0.05) is 32.9 Å². The van der Waals surface area contributed by atoms with Crippen LogP contribution in [0.15, 0.2) is 47.4 Å². The zero-order valence-corrected chi connectivity index (χ0v) is 20.1. The lowest BCUT2D eigenvalue weighted by atomic mass is 9.86. The number of sulfonamides is 1. The van der Waals surface area contributed by atoms with Gasteiger partial charge in [-0.2, -0.15) is 4.31 Å². The number of carbonyl (C=O) groups excluding carboxylic acids is 2. The van der Waals surface area contributed by atoms with Gasteiger partial charge in [-0.05, 0) is 48.2 Å². The fourth-order valence-electron chi connectivity index (χ4n) is 3.92. The van der Waals surface area contributed by atoms with Crippen LogP contribution < -0.4 is 10.1 Å². The maximum absolute atomic E-state index is 13.2. The summed E-state index contributed by atoms with van der Waals surface area (Å²) in [4.78, 5) is 26.5. The lowest BCUT2D eigenvalue weighted by Gasteiger charge is -2.34. The lowest BCUT2D eigenvalue weighted by Crippen LogP contribution is -2.50. The van der Waals surface area contributed by atoms with E-state index in [4.69, 9.17) is 4.74 Å². The molecular weight excluding hydrogens is 442 g/mol. The number of amides is 2. The van der Waals surface area contributed by atoms with Crippen molar-refractivity contribution in [1.29, 1.82) is 0 Å². The van der Waals surface area contributed by atoms with E-state index in [-0.39, 0.29) is 35.2 Å². The molecule has 2 aliphatic heterocycles. The second-order valence-corrected chi connectivity index (χ2v) is 11.4. The van der Waals surface area contributed by atoms with E-state index in [0.29, 0.717) is 30.1 Å². The number of nitrogens with zero attached hydrogens (tertiary/aromatic N) is 2. The number of ether oxygens (including phenoxy) is 1. The molecule has 0 spiro atoms. The SMILES string of the molecule is C[C@@H]1Oc2ccc(S(=O)(=O)N3CCN(C(=O)c4ccc(C(C)(C)C)cc4)CC3)cc2NC1=O. The van der Waals surface area contributed by atoms with E-state index < -0.39 is 16.1 Å². The van der Waals surface area contributed by atoms with Gasteiger partial charge in [0.1, 0.15) is 5.75 Å². The van der Waals surface area contributed by atoms with Gasteiger partial charge in [-0.25, -0.2) is 8.42 Å². The van der Waals surface area contributed by atoms with Gasteiger partial charge in [0.15, 0.2) is 6.10 Å². The van der Waals surface area contributed by atoms with Crippen LogP contribution in [0.2, 0.25) is 0 Å². The molecule has 4 rings (SSSR count). The number of piperazine rings is 1. The smallest absolute Gasteiger partial charge is 0.265 e. The van der Waals surface area contributed by atoms with Crippen molar-refractivity contribution in [3.63, 3.8) is 0 Å². The molecule has 0 radical (unpaired) electrons. The molecule has 2 amide bonds. The highest BCUT2D eigenvalue weighted by Gasteiger charge is 2.32. The molecule has 33 heavy (non-hydrogen) atoms. The van der Waals surface area contributed by atoms with Crippen LogP contribution in [0, 0.1) is 0 Å². The molecule has 1 fully saturated rings. The molecule has 0 aromatic heterocycles. The van der Waals surface area contributed by atoms with Crippen LogP contribution in [-0.2, 0) is 20.2 Å². The summed E-state index contributed by atoms with van der Waals surface area (Å²) >= 11 is 0. The first-order valence-electron chi connectivity index (χ1n) is 11.0. The van der Waals surface area contributed by atoms with E-state index in [9.17, 15) is 18.0 Å². The van der Waals surface area contributed by atoms with Crippen LogP contribution in [-0.4, -0.2) is 61.7 Å². The number of rotatable bonds is 3. The van der Waals surface area contributed by atoms with Gasteiger partial charge in [0.25, 0.3) is 11.8 Å². The van der Waals surface area contributed by atoms with Gasteiger partial charge in [-0.15, -0.1) is 0 Å². The highest BCUT2D eigenvalue weighted by Crippen LogP contribution is 2.33. The molecule has 0 bridgehead atoms. The minimum atomic E-state index is -3.77. The topological polar surface area (TPSA) is 96.0 Å². The van der Waals surface area contributed by atoms with Crippen molar-refractivity contribution in [1.82, 2.24) is 9.21 Å². The molecule has 1 saturated heterocycles. The number of benzene rings is 2. The Hall–Kier alpha value is -2.91. The van der Waals surface area contributed by atoms with Gasteiger partial charge in [0.2, 0.25) is 10.0 Å². The van der Waals surface area contributed by atoms with Crippen molar-refractivity contribution in [3.05, 3.63) is 53.6 Å².